The average Bonchev–Trinajstić information content (AvgIpc) is 2.71. The van der Waals surface area contributed by atoms with Crippen molar-refractivity contribution in [3.63, 3.8) is 0 Å². The van der Waals surface area contributed by atoms with Crippen LogP contribution in [0.15, 0.2) is 54.6 Å². The topological polar surface area (TPSA) is 61.8 Å². The van der Waals surface area contributed by atoms with Gasteiger partial charge in [0.15, 0.2) is 5.11 Å². The van der Waals surface area contributed by atoms with Crippen LogP contribution in [0.4, 0.5) is 5.69 Å². The van der Waals surface area contributed by atoms with Gasteiger partial charge in [-0.05, 0) is 67.9 Å². The second-order valence-corrected chi connectivity index (χ2v) is 6.71. The van der Waals surface area contributed by atoms with Crippen LogP contribution < -0.4 is 15.0 Å². The Morgan fingerprint density at radius 2 is 1.82 bits per heavy atom. The van der Waals surface area contributed by atoms with E-state index in [-0.39, 0.29) is 12.5 Å². The molecule has 0 heterocycles. The van der Waals surface area contributed by atoms with E-state index in [1.807, 2.05) is 60.4 Å². The van der Waals surface area contributed by atoms with Crippen LogP contribution in [0.3, 0.4) is 0 Å². The molecule has 1 amide bonds. The highest BCUT2D eigenvalue weighted by Gasteiger charge is 2.13. The number of aryl methyl sites for hydroxylation is 1. The van der Waals surface area contributed by atoms with Gasteiger partial charge in [-0.2, -0.15) is 0 Å². The van der Waals surface area contributed by atoms with Gasteiger partial charge < -0.3 is 14.7 Å². The number of thiocarbonyl (C=S) groups is 1. The monoisotopic (exact) mass is 398 g/mol. The van der Waals surface area contributed by atoms with E-state index >= 15 is 0 Å². The lowest BCUT2D eigenvalue weighted by Crippen LogP contribution is -2.42. The number of aliphatic hydroxyl groups excluding tert-OH is 1. The first kappa shape index (κ1) is 21.6. The van der Waals surface area contributed by atoms with Crippen molar-refractivity contribution in [1.82, 2.24) is 5.32 Å². The minimum absolute atomic E-state index is 0.130. The average molecular weight is 399 g/mol. The number of amides is 1. The second kappa shape index (κ2) is 11.2. The Morgan fingerprint density at radius 1 is 1.14 bits per heavy atom. The zero-order valence-electron chi connectivity index (χ0n) is 16.2. The van der Waals surface area contributed by atoms with Crippen molar-refractivity contribution in [1.29, 1.82) is 0 Å². The SMILES string of the molecule is COc1ccc(C=CC(=O)NC(=S)N(CCCCO)c2ccc(C)cc2)cc1. The third kappa shape index (κ3) is 6.79. The molecule has 0 aliphatic carbocycles. The van der Waals surface area contributed by atoms with Crippen LogP contribution in [0.25, 0.3) is 6.08 Å². The summed E-state index contributed by atoms with van der Waals surface area (Å²) in [5.41, 5.74) is 2.95. The Morgan fingerprint density at radius 3 is 2.43 bits per heavy atom. The van der Waals surface area contributed by atoms with Gasteiger partial charge in [0.2, 0.25) is 5.91 Å². The number of benzene rings is 2. The molecule has 2 aromatic rings. The van der Waals surface area contributed by atoms with E-state index < -0.39 is 0 Å². The smallest absolute Gasteiger partial charge is 0.250 e. The van der Waals surface area contributed by atoms with E-state index in [4.69, 9.17) is 22.1 Å². The molecule has 148 valence electrons. The number of nitrogens with one attached hydrogen (secondary N) is 1. The summed E-state index contributed by atoms with van der Waals surface area (Å²) in [4.78, 5) is 14.2. The van der Waals surface area contributed by atoms with E-state index in [2.05, 4.69) is 5.32 Å². The number of rotatable bonds is 8. The Bertz CT molecular complexity index is 802. The van der Waals surface area contributed by atoms with Gasteiger partial charge in [-0.25, -0.2) is 0 Å². The van der Waals surface area contributed by atoms with Crippen LogP contribution in [0.5, 0.6) is 5.75 Å². The quantitative estimate of drug-likeness (QED) is 0.403. The molecular weight excluding hydrogens is 372 g/mol. The number of carbonyl (C=O) groups excluding carboxylic acids is 1. The van der Waals surface area contributed by atoms with Gasteiger partial charge in [0.25, 0.3) is 0 Å². The van der Waals surface area contributed by atoms with Gasteiger partial charge >= 0.3 is 0 Å². The zero-order valence-corrected chi connectivity index (χ0v) is 17.0. The fourth-order valence-electron chi connectivity index (χ4n) is 2.56. The molecule has 0 radical (unpaired) electrons. The van der Waals surface area contributed by atoms with Crippen molar-refractivity contribution >= 4 is 35.0 Å². The van der Waals surface area contributed by atoms with E-state index in [1.165, 1.54) is 6.08 Å². The highest BCUT2D eigenvalue weighted by atomic mass is 32.1. The largest absolute Gasteiger partial charge is 0.497 e. The number of nitrogens with zero attached hydrogens (tertiary/aromatic N) is 1. The summed E-state index contributed by atoms with van der Waals surface area (Å²) in [6.07, 6.45) is 4.62. The minimum atomic E-state index is -0.292. The number of unbranched alkanes of at least 4 members (excludes halogenated alkanes) is 1. The van der Waals surface area contributed by atoms with Gasteiger partial charge in [0, 0.05) is 24.9 Å². The molecule has 2 rings (SSSR count). The molecule has 0 unspecified atom stereocenters. The van der Waals surface area contributed by atoms with Crippen molar-refractivity contribution in [3.8, 4) is 5.75 Å². The summed E-state index contributed by atoms with van der Waals surface area (Å²) in [5.74, 6) is 0.472. The lowest BCUT2D eigenvalue weighted by molar-refractivity contribution is -0.115. The predicted molar refractivity (Wildman–Crippen MR) is 118 cm³/mol. The molecule has 0 saturated carbocycles. The van der Waals surface area contributed by atoms with Gasteiger partial charge in [-0.3, -0.25) is 10.1 Å². The van der Waals surface area contributed by atoms with Crippen molar-refractivity contribution < 1.29 is 14.6 Å². The van der Waals surface area contributed by atoms with Crippen molar-refractivity contribution in [2.24, 2.45) is 0 Å². The Hall–Kier alpha value is -2.70. The second-order valence-electron chi connectivity index (χ2n) is 6.32. The van der Waals surface area contributed by atoms with Crippen LogP contribution in [0, 0.1) is 6.92 Å². The molecule has 0 saturated heterocycles. The number of anilines is 1. The lowest BCUT2D eigenvalue weighted by atomic mass is 10.2. The number of hydrogen-bond acceptors (Lipinski definition) is 4. The maximum Gasteiger partial charge on any atom is 0.250 e. The molecule has 6 heteroatoms. The highest BCUT2D eigenvalue weighted by Crippen LogP contribution is 2.16. The fourth-order valence-corrected chi connectivity index (χ4v) is 2.85. The van der Waals surface area contributed by atoms with E-state index in [0.29, 0.717) is 18.1 Å². The van der Waals surface area contributed by atoms with Gasteiger partial charge in [-0.1, -0.05) is 29.8 Å². The van der Waals surface area contributed by atoms with Crippen molar-refractivity contribution in [2.45, 2.75) is 19.8 Å². The molecule has 0 aromatic heterocycles. The van der Waals surface area contributed by atoms with Crippen LogP contribution >= 0.6 is 12.2 Å². The molecule has 0 atom stereocenters. The summed E-state index contributed by atoms with van der Waals surface area (Å²) >= 11 is 5.46. The highest BCUT2D eigenvalue weighted by molar-refractivity contribution is 7.80. The van der Waals surface area contributed by atoms with E-state index in [0.717, 1.165) is 29.0 Å². The third-order valence-corrected chi connectivity index (χ3v) is 4.48. The predicted octanol–water partition coefficient (Wildman–Crippen LogP) is 3.70. The minimum Gasteiger partial charge on any atom is -0.497 e. The van der Waals surface area contributed by atoms with Gasteiger partial charge in [0.05, 0.1) is 7.11 Å². The van der Waals surface area contributed by atoms with Crippen LogP contribution in [0.1, 0.15) is 24.0 Å². The number of methoxy groups -OCH3 is 1. The molecule has 2 N–H and O–H groups in total. The summed E-state index contributed by atoms with van der Waals surface area (Å²) in [6, 6.07) is 15.4. The van der Waals surface area contributed by atoms with E-state index in [1.54, 1.807) is 13.2 Å². The molecule has 5 nitrogen and oxygen atoms in total. The van der Waals surface area contributed by atoms with Crippen molar-refractivity contribution in [3.05, 3.63) is 65.7 Å². The molecule has 0 aliphatic heterocycles. The van der Waals surface area contributed by atoms with Gasteiger partial charge in [0.1, 0.15) is 5.75 Å². The normalized spacial score (nSPS) is 10.7. The first-order valence-electron chi connectivity index (χ1n) is 9.15. The number of ether oxygens (including phenoxy) is 1. The fraction of sp³-hybridized carbons (Fsp3) is 0.273. The van der Waals surface area contributed by atoms with Crippen molar-refractivity contribution in [2.75, 3.05) is 25.2 Å². The summed E-state index contributed by atoms with van der Waals surface area (Å²) < 4.78 is 5.12. The summed E-state index contributed by atoms with van der Waals surface area (Å²) in [5, 5.41) is 12.1. The molecular formula is C22H26N2O3S. The van der Waals surface area contributed by atoms with Crippen LogP contribution in [-0.2, 0) is 4.79 Å². The van der Waals surface area contributed by atoms with E-state index in [9.17, 15) is 4.79 Å². The van der Waals surface area contributed by atoms with Crippen LogP contribution in [0.2, 0.25) is 0 Å². The Balaban J connectivity index is 2.02. The molecule has 28 heavy (non-hydrogen) atoms. The standard InChI is InChI=1S/C22H26N2O3S/c1-17-5-10-19(11-6-17)24(15-3-4-16-25)22(28)23-21(26)14-9-18-7-12-20(27-2)13-8-18/h5-14,25H,3-4,15-16H2,1-2H3,(H,23,26,28). The maximum atomic E-state index is 12.3. The van der Waals surface area contributed by atoms with Gasteiger partial charge in [-0.15, -0.1) is 0 Å². The molecule has 0 fully saturated rings. The molecule has 0 bridgehead atoms. The maximum absolute atomic E-state index is 12.3. The third-order valence-electron chi connectivity index (χ3n) is 4.15. The Labute approximate surface area is 171 Å². The first-order valence-corrected chi connectivity index (χ1v) is 9.56. The summed E-state index contributed by atoms with van der Waals surface area (Å²) in [7, 11) is 1.61. The molecule has 2 aromatic carbocycles. The lowest BCUT2D eigenvalue weighted by Gasteiger charge is -2.25. The number of aliphatic hydroxyl groups is 1. The molecule has 0 spiro atoms. The first-order chi connectivity index (χ1) is 13.5. The Kier molecular flexibility index (Phi) is 8.65. The molecule has 0 aliphatic rings. The number of hydrogen-bond donors (Lipinski definition) is 2. The summed E-state index contributed by atoms with van der Waals surface area (Å²) in [6.45, 7) is 2.76. The number of carbonyl (C=O) groups is 1. The zero-order chi connectivity index (χ0) is 20.4. The van der Waals surface area contributed by atoms with Crippen LogP contribution in [-0.4, -0.2) is 36.4 Å².